The summed E-state index contributed by atoms with van der Waals surface area (Å²) in [7, 11) is 0. The van der Waals surface area contributed by atoms with Crippen molar-refractivity contribution >= 4 is 40.5 Å². The third-order valence-corrected chi connectivity index (χ3v) is 3.23. The summed E-state index contributed by atoms with van der Waals surface area (Å²) in [5, 5.41) is 3.56. The van der Waals surface area contributed by atoms with Gasteiger partial charge in [-0.15, -0.1) is 0 Å². The average Bonchev–Trinajstić information content (AvgIpc) is 2.43. The number of halogens is 2. The predicted molar refractivity (Wildman–Crippen MR) is 78.7 cm³/mol. The summed E-state index contributed by atoms with van der Waals surface area (Å²) < 4.78 is 0. The molecule has 0 saturated heterocycles. The zero-order valence-corrected chi connectivity index (χ0v) is 11.3. The first-order valence-electron chi connectivity index (χ1n) is 5.43. The Morgan fingerprint density at radius 3 is 2.16 bits per heavy atom. The molecule has 0 saturated carbocycles. The summed E-state index contributed by atoms with van der Waals surface area (Å²) in [6, 6.07) is 11.7. The van der Waals surface area contributed by atoms with Gasteiger partial charge in [0.25, 0.3) is 5.91 Å². The van der Waals surface area contributed by atoms with Crippen LogP contribution in [0.15, 0.2) is 42.5 Å². The summed E-state index contributed by atoms with van der Waals surface area (Å²) in [6.45, 7) is 0. The molecule has 2 rings (SSSR count). The van der Waals surface area contributed by atoms with Gasteiger partial charge in [-0.3, -0.25) is 10.6 Å². The van der Waals surface area contributed by atoms with Gasteiger partial charge in [-0.05, 0) is 42.5 Å². The molecular weight excluding hydrogens is 285 g/mol. The average molecular weight is 296 g/mol. The van der Waals surface area contributed by atoms with E-state index in [0.717, 1.165) is 5.69 Å². The topological polar surface area (TPSA) is 67.1 Å². The van der Waals surface area contributed by atoms with Crippen molar-refractivity contribution in [1.82, 2.24) is 0 Å². The van der Waals surface area contributed by atoms with E-state index in [1.807, 2.05) is 0 Å². The Labute approximate surface area is 120 Å². The minimum atomic E-state index is -0.234. The largest absolute Gasteiger partial charge is 0.324 e. The van der Waals surface area contributed by atoms with Crippen LogP contribution >= 0.6 is 23.2 Å². The Kier molecular flexibility index (Phi) is 4.27. The predicted octanol–water partition coefficient (Wildman–Crippen LogP) is 3.53. The number of carbonyl (C=O) groups excluding carboxylic acids is 1. The van der Waals surface area contributed by atoms with Gasteiger partial charge in [-0.25, -0.2) is 0 Å². The molecule has 2 aromatic rings. The van der Waals surface area contributed by atoms with Crippen LogP contribution < -0.4 is 16.6 Å². The van der Waals surface area contributed by atoms with E-state index in [1.54, 1.807) is 42.5 Å². The van der Waals surface area contributed by atoms with Crippen LogP contribution in [-0.4, -0.2) is 5.91 Å². The van der Waals surface area contributed by atoms with Crippen LogP contribution in [0.5, 0.6) is 0 Å². The zero-order valence-electron chi connectivity index (χ0n) is 9.78. The number of nitrogens with one attached hydrogen (secondary N) is 2. The molecule has 1 amide bonds. The van der Waals surface area contributed by atoms with Crippen LogP contribution in [0.2, 0.25) is 10.0 Å². The molecule has 4 N–H and O–H groups in total. The highest BCUT2D eigenvalue weighted by Crippen LogP contribution is 2.25. The molecule has 0 aliphatic heterocycles. The fourth-order valence-electron chi connectivity index (χ4n) is 1.49. The van der Waals surface area contributed by atoms with E-state index in [9.17, 15) is 4.79 Å². The second-order valence-electron chi connectivity index (χ2n) is 3.80. The molecule has 0 radical (unpaired) electrons. The Balaban J connectivity index is 2.13. The molecule has 19 heavy (non-hydrogen) atoms. The zero-order chi connectivity index (χ0) is 13.8. The van der Waals surface area contributed by atoms with Crippen molar-refractivity contribution in [2.45, 2.75) is 0 Å². The lowest BCUT2D eigenvalue weighted by Crippen LogP contribution is -2.12. The van der Waals surface area contributed by atoms with Crippen molar-refractivity contribution in [2.75, 3.05) is 10.7 Å². The van der Waals surface area contributed by atoms with Crippen LogP contribution in [0.4, 0.5) is 11.4 Å². The fourth-order valence-corrected chi connectivity index (χ4v) is 1.79. The van der Waals surface area contributed by atoms with Crippen LogP contribution in [0.1, 0.15) is 10.4 Å². The first kappa shape index (κ1) is 13.7. The minimum Gasteiger partial charge on any atom is -0.324 e. The van der Waals surface area contributed by atoms with E-state index < -0.39 is 0 Å². The summed E-state index contributed by atoms with van der Waals surface area (Å²) in [6.07, 6.45) is 0. The number of carbonyl (C=O) groups is 1. The van der Waals surface area contributed by atoms with E-state index in [2.05, 4.69) is 10.7 Å². The molecule has 0 atom stereocenters. The van der Waals surface area contributed by atoms with Gasteiger partial charge in [-0.1, -0.05) is 23.2 Å². The van der Waals surface area contributed by atoms with Gasteiger partial charge in [0.15, 0.2) is 0 Å². The number of hydrogen-bond acceptors (Lipinski definition) is 3. The number of rotatable bonds is 3. The SMILES string of the molecule is NNc1ccc(C(=O)Nc2ccc(Cl)c(Cl)c2)cc1. The number of hydrazine groups is 1. The van der Waals surface area contributed by atoms with E-state index in [0.29, 0.717) is 21.3 Å². The number of nitrogens with two attached hydrogens (primary N) is 1. The van der Waals surface area contributed by atoms with Gasteiger partial charge in [-0.2, -0.15) is 0 Å². The lowest BCUT2D eigenvalue weighted by molar-refractivity contribution is 0.102. The van der Waals surface area contributed by atoms with Gasteiger partial charge >= 0.3 is 0 Å². The maximum absolute atomic E-state index is 12.0. The smallest absolute Gasteiger partial charge is 0.255 e. The molecule has 98 valence electrons. The van der Waals surface area contributed by atoms with Crippen molar-refractivity contribution in [3.63, 3.8) is 0 Å². The highest BCUT2D eigenvalue weighted by Gasteiger charge is 2.07. The van der Waals surface area contributed by atoms with Crippen molar-refractivity contribution < 1.29 is 4.79 Å². The molecule has 0 heterocycles. The number of nitrogen functional groups attached to an aromatic ring is 1. The van der Waals surface area contributed by atoms with Gasteiger partial charge in [0, 0.05) is 16.9 Å². The van der Waals surface area contributed by atoms with E-state index in [1.165, 1.54) is 0 Å². The number of anilines is 2. The Hall–Kier alpha value is -1.75. The van der Waals surface area contributed by atoms with E-state index in [4.69, 9.17) is 29.0 Å². The lowest BCUT2D eigenvalue weighted by atomic mass is 10.2. The number of hydrogen-bond donors (Lipinski definition) is 3. The van der Waals surface area contributed by atoms with E-state index >= 15 is 0 Å². The van der Waals surface area contributed by atoms with Crippen molar-refractivity contribution in [3.05, 3.63) is 58.1 Å². The Morgan fingerprint density at radius 2 is 1.58 bits per heavy atom. The maximum atomic E-state index is 12.0. The first-order chi connectivity index (χ1) is 9.10. The highest BCUT2D eigenvalue weighted by atomic mass is 35.5. The molecule has 2 aromatic carbocycles. The molecule has 4 nitrogen and oxygen atoms in total. The molecule has 0 aromatic heterocycles. The van der Waals surface area contributed by atoms with Gasteiger partial charge in [0.05, 0.1) is 10.0 Å². The van der Waals surface area contributed by atoms with E-state index in [-0.39, 0.29) is 5.91 Å². The fraction of sp³-hybridized carbons (Fsp3) is 0. The second kappa shape index (κ2) is 5.93. The summed E-state index contributed by atoms with van der Waals surface area (Å²) >= 11 is 11.7. The normalized spacial score (nSPS) is 10.1. The minimum absolute atomic E-state index is 0.234. The lowest BCUT2D eigenvalue weighted by Gasteiger charge is -2.07. The number of benzene rings is 2. The molecule has 0 spiro atoms. The molecule has 0 fully saturated rings. The van der Waals surface area contributed by atoms with Crippen molar-refractivity contribution in [3.8, 4) is 0 Å². The third-order valence-electron chi connectivity index (χ3n) is 2.49. The Bertz CT molecular complexity index is 599. The first-order valence-corrected chi connectivity index (χ1v) is 6.19. The highest BCUT2D eigenvalue weighted by molar-refractivity contribution is 6.42. The Morgan fingerprint density at radius 1 is 0.947 bits per heavy atom. The summed E-state index contributed by atoms with van der Waals surface area (Å²) in [4.78, 5) is 12.0. The molecule has 6 heteroatoms. The maximum Gasteiger partial charge on any atom is 0.255 e. The molecule has 0 aliphatic rings. The molecule has 0 aliphatic carbocycles. The van der Waals surface area contributed by atoms with Crippen LogP contribution in [0, 0.1) is 0 Å². The molecule has 0 bridgehead atoms. The van der Waals surface area contributed by atoms with Crippen LogP contribution in [0.25, 0.3) is 0 Å². The van der Waals surface area contributed by atoms with Crippen molar-refractivity contribution in [1.29, 1.82) is 0 Å². The van der Waals surface area contributed by atoms with Crippen molar-refractivity contribution in [2.24, 2.45) is 5.84 Å². The standard InChI is InChI=1S/C13H11Cl2N3O/c14-11-6-5-10(7-12(11)15)17-13(19)8-1-3-9(18-16)4-2-8/h1-7,18H,16H2,(H,17,19). The van der Waals surface area contributed by atoms with Gasteiger partial charge in [0.1, 0.15) is 0 Å². The summed E-state index contributed by atoms with van der Waals surface area (Å²) in [5.74, 6) is 5.02. The van der Waals surface area contributed by atoms with Gasteiger partial charge < -0.3 is 10.7 Å². The van der Waals surface area contributed by atoms with Crippen LogP contribution in [0.3, 0.4) is 0 Å². The monoisotopic (exact) mass is 295 g/mol. The second-order valence-corrected chi connectivity index (χ2v) is 4.62. The molecule has 0 unspecified atom stereocenters. The molecular formula is C13H11Cl2N3O. The number of amides is 1. The quantitative estimate of drug-likeness (QED) is 0.599. The van der Waals surface area contributed by atoms with Gasteiger partial charge in [0.2, 0.25) is 0 Å². The summed E-state index contributed by atoms with van der Waals surface area (Å²) in [5.41, 5.74) is 4.32. The third kappa shape index (κ3) is 3.38. The van der Waals surface area contributed by atoms with Crippen LogP contribution in [-0.2, 0) is 0 Å².